The van der Waals surface area contributed by atoms with Gasteiger partial charge in [-0.3, -0.25) is 4.57 Å². The molecule has 4 rings (SSSR count). The first-order chi connectivity index (χ1) is 15.3. The summed E-state index contributed by atoms with van der Waals surface area (Å²) < 4.78 is 3.19. The van der Waals surface area contributed by atoms with Crippen molar-refractivity contribution in [2.24, 2.45) is 7.05 Å². The van der Waals surface area contributed by atoms with Crippen molar-refractivity contribution in [3.63, 3.8) is 0 Å². The normalized spacial score (nSPS) is 11.3. The predicted octanol–water partition coefficient (Wildman–Crippen LogP) is 2.44. The first kappa shape index (κ1) is 21.4. The number of aromatic nitrogens is 4. The molecular formula is C23H28N8O. The van der Waals surface area contributed by atoms with Gasteiger partial charge in [-0.15, -0.1) is 0 Å². The fraction of sp³-hybridized carbons (Fsp3) is 0.261. The van der Waals surface area contributed by atoms with E-state index in [0.29, 0.717) is 17.5 Å². The molecule has 0 saturated carbocycles. The van der Waals surface area contributed by atoms with Gasteiger partial charge >= 0.3 is 5.69 Å². The standard InChI is InChI=1S/C23H28N8O/c1-28(2)13-14-29(3)18-10-9-16(15-17(18)24)26-22-25-12-11-21(27-22)31-20-8-6-5-7-19(20)30(4)23(31)32/h5-12,15H,13-14,24H2,1-4H3,(H,25,26,27). The van der Waals surface area contributed by atoms with Gasteiger partial charge in [0.2, 0.25) is 5.95 Å². The first-order valence-electron chi connectivity index (χ1n) is 10.4. The Balaban J connectivity index is 1.60. The molecule has 0 amide bonds. The van der Waals surface area contributed by atoms with E-state index in [1.807, 2.05) is 63.6 Å². The lowest BCUT2D eigenvalue weighted by molar-refractivity contribution is 0.416. The third kappa shape index (κ3) is 4.15. The van der Waals surface area contributed by atoms with E-state index in [-0.39, 0.29) is 5.69 Å². The van der Waals surface area contributed by atoms with Gasteiger partial charge in [-0.05, 0) is 44.4 Å². The van der Waals surface area contributed by atoms with Crippen molar-refractivity contribution in [2.45, 2.75) is 0 Å². The van der Waals surface area contributed by atoms with Gasteiger partial charge in [0.05, 0.1) is 22.4 Å². The Hall–Kier alpha value is -3.85. The summed E-state index contributed by atoms with van der Waals surface area (Å²) in [5.74, 6) is 0.882. The number of hydrogen-bond acceptors (Lipinski definition) is 7. The molecule has 0 unspecified atom stereocenters. The average molecular weight is 433 g/mol. The van der Waals surface area contributed by atoms with Crippen molar-refractivity contribution in [2.75, 3.05) is 50.2 Å². The minimum absolute atomic E-state index is 0.162. The maximum absolute atomic E-state index is 12.8. The molecule has 0 atom stereocenters. The molecule has 0 spiro atoms. The Bertz CT molecular complexity index is 1310. The number of nitrogens with two attached hydrogens (primary N) is 1. The van der Waals surface area contributed by atoms with Crippen LogP contribution in [0.5, 0.6) is 0 Å². The molecule has 2 aromatic heterocycles. The molecule has 32 heavy (non-hydrogen) atoms. The lowest BCUT2D eigenvalue weighted by atomic mass is 10.2. The maximum Gasteiger partial charge on any atom is 0.334 e. The van der Waals surface area contributed by atoms with Crippen LogP contribution in [-0.2, 0) is 7.05 Å². The van der Waals surface area contributed by atoms with Crippen molar-refractivity contribution in [1.29, 1.82) is 0 Å². The number of nitrogens with zero attached hydrogens (tertiary/aromatic N) is 6. The molecule has 0 bridgehead atoms. The zero-order valence-electron chi connectivity index (χ0n) is 18.8. The summed E-state index contributed by atoms with van der Waals surface area (Å²) >= 11 is 0. The van der Waals surface area contributed by atoms with Crippen molar-refractivity contribution in [1.82, 2.24) is 24.0 Å². The van der Waals surface area contributed by atoms with Gasteiger partial charge in [-0.2, -0.15) is 4.98 Å². The van der Waals surface area contributed by atoms with Crippen molar-refractivity contribution in [3.8, 4) is 5.82 Å². The highest BCUT2D eigenvalue weighted by Crippen LogP contribution is 2.27. The van der Waals surface area contributed by atoms with Gasteiger partial charge in [0.1, 0.15) is 5.82 Å². The summed E-state index contributed by atoms with van der Waals surface area (Å²) in [6, 6.07) is 15.1. The Morgan fingerprint density at radius 2 is 1.78 bits per heavy atom. The van der Waals surface area contributed by atoms with E-state index in [0.717, 1.165) is 35.5 Å². The van der Waals surface area contributed by atoms with Crippen LogP contribution in [0, 0.1) is 0 Å². The fourth-order valence-corrected chi connectivity index (χ4v) is 3.63. The molecule has 0 saturated heterocycles. The maximum atomic E-state index is 12.8. The van der Waals surface area contributed by atoms with Crippen LogP contribution in [0.25, 0.3) is 16.9 Å². The summed E-state index contributed by atoms with van der Waals surface area (Å²) in [5, 5.41) is 3.19. The average Bonchev–Trinajstić information content (AvgIpc) is 3.03. The predicted molar refractivity (Wildman–Crippen MR) is 130 cm³/mol. The second-order valence-electron chi connectivity index (χ2n) is 8.03. The van der Waals surface area contributed by atoms with Crippen molar-refractivity contribution < 1.29 is 0 Å². The minimum Gasteiger partial charge on any atom is -0.397 e. The quantitative estimate of drug-likeness (QED) is 0.433. The monoisotopic (exact) mass is 432 g/mol. The molecule has 0 aliphatic heterocycles. The number of hydrogen-bond donors (Lipinski definition) is 2. The zero-order valence-corrected chi connectivity index (χ0v) is 18.8. The fourth-order valence-electron chi connectivity index (χ4n) is 3.63. The lowest BCUT2D eigenvalue weighted by Gasteiger charge is -2.23. The summed E-state index contributed by atoms with van der Waals surface area (Å²) in [5.41, 5.74) is 10.2. The van der Waals surface area contributed by atoms with Crippen LogP contribution in [-0.4, -0.2) is 58.2 Å². The number of nitrogens with one attached hydrogen (secondary N) is 1. The van der Waals surface area contributed by atoms with Gasteiger partial charge in [0, 0.05) is 45.1 Å². The molecule has 166 valence electrons. The Kier molecular flexibility index (Phi) is 5.83. The molecule has 0 aliphatic rings. The Morgan fingerprint density at radius 3 is 2.50 bits per heavy atom. The van der Waals surface area contributed by atoms with Crippen LogP contribution in [0.1, 0.15) is 0 Å². The van der Waals surface area contributed by atoms with Gasteiger partial charge in [0.25, 0.3) is 0 Å². The number of rotatable bonds is 7. The Morgan fingerprint density at radius 1 is 1.03 bits per heavy atom. The Labute approximate surface area is 186 Å². The second-order valence-corrected chi connectivity index (χ2v) is 8.03. The van der Waals surface area contributed by atoms with E-state index < -0.39 is 0 Å². The number of imidazole rings is 1. The summed E-state index contributed by atoms with van der Waals surface area (Å²) in [4.78, 5) is 26.0. The van der Waals surface area contributed by atoms with Crippen molar-refractivity contribution >= 4 is 34.0 Å². The van der Waals surface area contributed by atoms with Crippen LogP contribution in [0.3, 0.4) is 0 Å². The molecule has 0 aliphatic carbocycles. The number of likely N-dealkylation sites (N-methyl/N-ethyl adjacent to an activating group) is 2. The highest BCUT2D eigenvalue weighted by molar-refractivity contribution is 5.78. The number of nitrogen functional groups attached to an aromatic ring is 1. The lowest BCUT2D eigenvalue weighted by Crippen LogP contribution is -2.28. The van der Waals surface area contributed by atoms with E-state index in [2.05, 4.69) is 25.1 Å². The van der Waals surface area contributed by atoms with E-state index in [9.17, 15) is 4.79 Å². The highest BCUT2D eigenvalue weighted by atomic mass is 16.1. The summed E-state index contributed by atoms with van der Waals surface area (Å²) in [6.45, 7) is 1.80. The van der Waals surface area contributed by atoms with Gasteiger partial charge in [-0.1, -0.05) is 12.1 Å². The number of fused-ring (bicyclic) bond motifs is 1. The molecule has 2 aromatic carbocycles. The number of benzene rings is 2. The molecular weight excluding hydrogens is 404 g/mol. The third-order valence-corrected chi connectivity index (χ3v) is 5.41. The van der Waals surface area contributed by atoms with E-state index in [1.165, 1.54) is 0 Å². The molecule has 0 radical (unpaired) electrons. The van der Waals surface area contributed by atoms with Gasteiger partial charge < -0.3 is 20.9 Å². The van der Waals surface area contributed by atoms with E-state index >= 15 is 0 Å². The molecule has 4 aromatic rings. The largest absolute Gasteiger partial charge is 0.397 e. The topological polar surface area (TPSA) is 97.2 Å². The van der Waals surface area contributed by atoms with Crippen LogP contribution >= 0.6 is 0 Å². The first-order valence-corrected chi connectivity index (χ1v) is 10.4. The highest BCUT2D eigenvalue weighted by Gasteiger charge is 2.14. The number of para-hydroxylation sites is 2. The van der Waals surface area contributed by atoms with Crippen LogP contribution < -0.4 is 21.6 Å². The van der Waals surface area contributed by atoms with Crippen LogP contribution in [0.15, 0.2) is 59.5 Å². The van der Waals surface area contributed by atoms with E-state index in [1.54, 1.807) is 28.4 Å². The van der Waals surface area contributed by atoms with Gasteiger partial charge in [0.15, 0.2) is 0 Å². The minimum atomic E-state index is -0.162. The molecule has 2 heterocycles. The smallest absolute Gasteiger partial charge is 0.334 e. The SMILES string of the molecule is CN(C)CCN(C)c1ccc(Nc2nccc(-n3c(=O)n(C)c4ccccc43)n2)cc1N. The molecule has 9 heteroatoms. The van der Waals surface area contributed by atoms with Gasteiger partial charge in [-0.25, -0.2) is 14.3 Å². The summed E-state index contributed by atoms with van der Waals surface area (Å²) in [6.07, 6.45) is 1.63. The number of aryl methyl sites for hydroxylation is 1. The van der Waals surface area contributed by atoms with Crippen molar-refractivity contribution in [3.05, 3.63) is 65.2 Å². The third-order valence-electron chi connectivity index (χ3n) is 5.41. The van der Waals surface area contributed by atoms with Crippen LogP contribution in [0.4, 0.5) is 23.0 Å². The molecule has 9 nitrogen and oxygen atoms in total. The van der Waals surface area contributed by atoms with Crippen LogP contribution in [0.2, 0.25) is 0 Å². The van der Waals surface area contributed by atoms with E-state index in [4.69, 9.17) is 5.73 Å². The molecule has 0 fully saturated rings. The second kappa shape index (κ2) is 8.72. The molecule has 3 N–H and O–H groups in total. The number of anilines is 4. The summed E-state index contributed by atoms with van der Waals surface area (Å²) in [7, 11) is 7.87. The zero-order chi connectivity index (χ0) is 22.8.